The summed E-state index contributed by atoms with van der Waals surface area (Å²) in [7, 11) is 1.52. The number of methoxy groups -OCH3 is 1. The van der Waals surface area contributed by atoms with Crippen LogP contribution in [0.5, 0.6) is 17.2 Å². The van der Waals surface area contributed by atoms with Crippen molar-refractivity contribution in [2.75, 3.05) is 26.9 Å². The normalized spacial score (nSPS) is 10.5. The third-order valence-corrected chi connectivity index (χ3v) is 3.78. The van der Waals surface area contributed by atoms with Crippen LogP contribution < -0.4 is 19.5 Å². The summed E-state index contributed by atoms with van der Waals surface area (Å²) in [5.74, 6) is 1.28. The van der Waals surface area contributed by atoms with Crippen LogP contribution in [0.2, 0.25) is 0 Å². The zero-order valence-electron chi connectivity index (χ0n) is 16.4. The maximum Gasteiger partial charge on any atom is 0.257 e. The van der Waals surface area contributed by atoms with Crippen LogP contribution in [0.4, 0.5) is 0 Å². The lowest BCUT2D eigenvalue weighted by atomic mass is 10.1. The first-order chi connectivity index (χ1) is 13.6. The molecule has 1 amide bonds. The topological polar surface area (TPSA) is 73.9 Å². The van der Waals surface area contributed by atoms with E-state index in [9.17, 15) is 9.59 Å². The smallest absolute Gasteiger partial charge is 0.257 e. The van der Waals surface area contributed by atoms with E-state index in [2.05, 4.69) is 5.32 Å². The second kappa shape index (κ2) is 10.8. The Bertz CT molecular complexity index is 845. The van der Waals surface area contributed by atoms with Gasteiger partial charge in [-0.1, -0.05) is 24.3 Å². The number of hydrogen-bond donors (Lipinski definition) is 1. The number of allylic oxidation sites excluding steroid dienone is 1. The highest BCUT2D eigenvalue weighted by Crippen LogP contribution is 2.28. The molecule has 6 heteroatoms. The Labute approximate surface area is 165 Å². The van der Waals surface area contributed by atoms with Crippen LogP contribution in [0.1, 0.15) is 29.8 Å². The average Bonchev–Trinajstić information content (AvgIpc) is 2.71. The minimum absolute atomic E-state index is 0.0892. The molecule has 0 saturated heterocycles. The fourth-order valence-corrected chi connectivity index (χ4v) is 2.47. The molecule has 2 aromatic rings. The van der Waals surface area contributed by atoms with Gasteiger partial charge in [-0.25, -0.2) is 0 Å². The van der Waals surface area contributed by atoms with E-state index >= 15 is 0 Å². The molecule has 0 radical (unpaired) electrons. The predicted molar refractivity (Wildman–Crippen MR) is 108 cm³/mol. The van der Waals surface area contributed by atoms with E-state index in [1.54, 1.807) is 42.5 Å². The van der Waals surface area contributed by atoms with Gasteiger partial charge in [0.1, 0.15) is 5.75 Å². The Morgan fingerprint density at radius 2 is 1.86 bits per heavy atom. The van der Waals surface area contributed by atoms with E-state index < -0.39 is 0 Å². The molecule has 0 aliphatic rings. The number of hydrogen-bond acceptors (Lipinski definition) is 5. The molecule has 0 heterocycles. The molecule has 0 atom stereocenters. The minimum atomic E-state index is -0.201. The lowest BCUT2D eigenvalue weighted by Crippen LogP contribution is -2.28. The Hall–Kier alpha value is -3.28. The standard InChI is InChI=1S/C22H25NO5/c1-4-23-22(25)15-28-20-12-10-16(13-21(20)26-3)9-11-19(24)17-7-6-8-18(14-17)27-5-2/h6-14H,4-5,15H2,1-3H3,(H,23,25)/b11-9+. The second-order valence-electron chi connectivity index (χ2n) is 5.81. The van der Waals surface area contributed by atoms with Crippen molar-refractivity contribution >= 4 is 17.8 Å². The Balaban J connectivity index is 2.08. The summed E-state index contributed by atoms with van der Waals surface area (Å²) in [6.07, 6.45) is 3.20. The summed E-state index contributed by atoms with van der Waals surface area (Å²) < 4.78 is 16.2. The van der Waals surface area contributed by atoms with Gasteiger partial charge in [-0.2, -0.15) is 0 Å². The first-order valence-electron chi connectivity index (χ1n) is 9.10. The molecule has 6 nitrogen and oxygen atoms in total. The van der Waals surface area contributed by atoms with Gasteiger partial charge < -0.3 is 19.5 Å². The van der Waals surface area contributed by atoms with Crippen LogP contribution in [0.15, 0.2) is 48.5 Å². The van der Waals surface area contributed by atoms with Crippen LogP contribution in [0.25, 0.3) is 6.08 Å². The van der Waals surface area contributed by atoms with Crippen molar-refractivity contribution in [2.24, 2.45) is 0 Å². The second-order valence-corrected chi connectivity index (χ2v) is 5.81. The fourth-order valence-electron chi connectivity index (χ4n) is 2.47. The van der Waals surface area contributed by atoms with Crippen molar-refractivity contribution in [3.05, 3.63) is 59.7 Å². The molecule has 0 saturated carbocycles. The van der Waals surface area contributed by atoms with Gasteiger partial charge in [-0.3, -0.25) is 9.59 Å². The highest BCUT2D eigenvalue weighted by Gasteiger charge is 2.08. The van der Waals surface area contributed by atoms with Gasteiger partial charge in [0.2, 0.25) is 0 Å². The highest BCUT2D eigenvalue weighted by molar-refractivity contribution is 6.07. The van der Waals surface area contributed by atoms with Crippen molar-refractivity contribution in [3.63, 3.8) is 0 Å². The number of ether oxygens (including phenoxy) is 3. The molecular formula is C22H25NO5. The number of rotatable bonds is 10. The monoisotopic (exact) mass is 383 g/mol. The van der Waals surface area contributed by atoms with Gasteiger partial charge in [-0.15, -0.1) is 0 Å². The summed E-state index contributed by atoms with van der Waals surface area (Å²) in [5, 5.41) is 2.66. The maximum atomic E-state index is 12.4. The fraction of sp³-hybridized carbons (Fsp3) is 0.273. The molecule has 28 heavy (non-hydrogen) atoms. The molecule has 2 rings (SSSR count). The SMILES string of the molecule is CCNC(=O)COc1ccc(/C=C/C(=O)c2cccc(OCC)c2)cc1OC. The summed E-state index contributed by atoms with van der Waals surface area (Å²) in [4.78, 5) is 23.9. The first-order valence-corrected chi connectivity index (χ1v) is 9.10. The third-order valence-electron chi connectivity index (χ3n) is 3.78. The lowest BCUT2D eigenvalue weighted by Gasteiger charge is -2.11. The van der Waals surface area contributed by atoms with Crippen molar-refractivity contribution in [1.29, 1.82) is 0 Å². The summed E-state index contributed by atoms with van der Waals surface area (Å²) >= 11 is 0. The lowest BCUT2D eigenvalue weighted by molar-refractivity contribution is -0.123. The number of benzene rings is 2. The van der Waals surface area contributed by atoms with Crippen molar-refractivity contribution in [3.8, 4) is 17.2 Å². The molecule has 0 spiro atoms. The quantitative estimate of drug-likeness (QED) is 0.502. The molecule has 2 aromatic carbocycles. The first kappa shape index (κ1) is 21.0. The molecule has 0 bridgehead atoms. The Kier molecular flexibility index (Phi) is 8.09. The minimum Gasteiger partial charge on any atom is -0.494 e. The van der Waals surface area contributed by atoms with E-state index in [-0.39, 0.29) is 18.3 Å². The number of carbonyl (C=O) groups is 2. The molecule has 1 N–H and O–H groups in total. The summed E-state index contributed by atoms with van der Waals surface area (Å²) in [5.41, 5.74) is 1.33. The van der Waals surface area contributed by atoms with Gasteiger partial charge in [-0.05, 0) is 49.8 Å². The number of likely N-dealkylation sites (N-methyl/N-ethyl adjacent to an activating group) is 1. The molecular weight excluding hydrogens is 358 g/mol. The number of nitrogens with one attached hydrogen (secondary N) is 1. The highest BCUT2D eigenvalue weighted by atomic mass is 16.5. The van der Waals surface area contributed by atoms with E-state index in [4.69, 9.17) is 14.2 Å². The Morgan fingerprint density at radius 3 is 2.57 bits per heavy atom. The van der Waals surface area contributed by atoms with Crippen LogP contribution >= 0.6 is 0 Å². The molecule has 148 valence electrons. The van der Waals surface area contributed by atoms with Crippen molar-refractivity contribution < 1.29 is 23.8 Å². The number of ketones is 1. The zero-order valence-corrected chi connectivity index (χ0v) is 16.4. The van der Waals surface area contributed by atoms with Gasteiger partial charge >= 0.3 is 0 Å². The average molecular weight is 383 g/mol. The van der Waals surface area contributed by atoms with Crippen molar-refractivity contribution in [1.82, 2.24) is 5.32 Å². The van der Waals surface area contributed by atoms with Crippen LogP contribution in [-0.2, 0) is 4.79 Å². The van der Waals surface area contributed by atoms with Gasteiger partial charge in [0, 0.05) is 12.1 Å². The van der Waals surface area contributed by atoms with E-state index in [1.807, 2.05) is 19.9 Å². The molecule has 0 aliphatic carbocycles. The van der Waals surface area contributed by atoms with Gasteiger partial charge in [0.25, 0.3) is 5.91 Å². The predicted octanol–water partition coefficient (Wildman–Crippen LogP) is 3.50. The van der Waals surface area contributed by atoms with E-state index in [0.717, 1.165) is 5.56 Å². The van der Waals surface area contributed by atoms with Gasteiger partial charge in [0.05, 0.1) is 13.7 Å². The van der Waals surface area contributed by atoms with Crippen molar-refractivity contribution in [2.45, 2.75) is 13.8 Å². The zero-order chi connectivity index (χ0) is 20.4. The van der Waals surface area contributed by atoms with Gasteiger partial charge in [0.15, 0.2) is 23.9 Å². The largest absolute Gasteiger partial charge is 0.494 e. The molecule has 0 unspecified atom stereocenters. The van der Waals surface area contributed by atoms with Crippen LogP contribution in [0.3, 0.4) is 0 Å². The molecule has 0 aromatic heterocycles. The maximum absolute atomic E-state index is 12.4. The van der Waals surface area contributed by atoms with E-state index in [0.29, 0.717) is 36.0 Å². The summed E-state index contributed by atoms with van der Waals surface area (Å²) in [6, 6.07) is 12.3. The van der Waals surface area contributed by atoms with Crippen LogP contribution in [-0.4, -0.2) is 38.6 Å². The number of carbonyl (C=O) groups excluding carboxylic acids is 2. The Morgan fingerprint density at radius 1 is 1.04 bits per heavy atom. The molecule has 0 fully saturated rings. The number of amides is 1. The third kappa shape index (κ3) is 6.16. The summed E-state index contributed by atoms with van der Waals surface area (Å²) in [6.45, 7) is 4.74. The van der Waals surface area contributed by atoms with E-state index in [1.165, 1.54) is 13.2 Å². The van der Waals surface area contributed by atoms with Crippen LogP contribution in [0, 0.1) is 0 Å². The molecule has 0 aliphatic heterocycles.